The standard InChI is InChI=1S/C21H23O6P/c1-5-25-21(23)26-11-12-27-28(24,18-9-7-6-8-10-18)20(22)19-16(3)13-15(2)14-17(19)4/h5-10,13-14H,1,11-12H2,2-4H3. The van der Waals surface area contributed by atoms with Crippen molar-refractivity contribution in [3.8, 4) is 0 Å². The highest BCUT2D eigenvalue weighted by atomic mass is 31.2. The lowest BCUT2D eigenvalue weighted by Gasteiger charge is -2.20. The van der Waals surface area contributed by atoms with E-state index in [1.165, 1.54) is 0 Å². The van der Waals surface area contributed by atoms with Crippen LogP contribution in [0.1, 0.15) is 27.0 Å². The van der Waals surface area contributed by atoms with Gasteiger partial charge in [-0.2, -0.15) is 0 Å². The molecule has 0 aliphatic carbocycles. The fourth-order valence-corrected chi connectivity index (χ4v) is 4.98. The minimum atomic E-state index is -3.92. The molecule has 0 amide bonds. The fraction of sp³-hybridized carbons (Fsp3) is 0.238. The highest BCUT2D eigenvalue weighted by Gasteiger charge is 2.37. The van der Waals surface area contributed by atoms with Crippen molar-refractivity contribution in [1.82, 2.24) is 0 Å². The molecule has 0 saturated carbocycles. The van der Waals surface area contributed by atoms with Crippen LogP contribution in [0.15, 0.2) is 55.3 Å². The molecule has 0 aliphatic rings. The van der Waals surface area contributed by atoms with E-state index >= 15 is 0 Å². The van der Waals surface area contributed by atoms with Gasteiger partial charge in [0.15, 0.2) is 0 Å². The molecule has 0 heterocycles. The van der Waals surface area contributed by atoms with Gasteiger partial charge in [-0.05, 0) is 44.0 Å². The average Bonchev–Trinajstić information content (AvgIpc) is 2.65. The first-order valence-corrected chi connectivity index (χ1v) is 10.3. The Kier molecular flexibility index (Phi) is 7.32. The Morgan fingerprint density at radius 2 is 1.64 bits per heavy atom. The Morgan fingerprint density at radius 1 is 1.04 bits per heavy atom. The molecule has 0 aromatic heterocycles. The molecule has 0 aliphatic heterocycles. The lowest BCUT2D eigenvalue weighted by Crippen LogP contribution is -2.19. The molecule has 1 unspecified atom stereocenters. The van der Waals surface area contributed by atoms with E-state index < -0.39 is 19.0 Å². The number of benzene rings is 2. The molecule has 0 saturated heterocycles. The van der Waals surface area contributed by atoms with Crippen LogP contribution in [-0.4, -0.2) is 24.9 Å². The third-order valence-corrected chi connectivity index (χ3v) is 6.29. The topological polar surface area (TPSA) is 78.9 Å². The molecule has 0 radical (unpaired) electrons. The van der Waals surface area contributed by atoms with Crippen molar-refractivity contribution in [3.05, 3.63) is 77.6 Å². The van der Waals surface area contributed by atoms with Crippen molar-refractivity contribution >= 4 is 24.4 Å². The number of aryl methyl sites for hydroxylation is 3. The van der Waals surface area contributed by atoms with Crippen LogP contribution in [0.5, 0.6) is 0 Å². The van der Waals surface area contributed by atoms with Crippen LogP contribution in [0, 0.1) is 20.8 Å². The van der Waals surface area contributed by atoms with E-state index in [0.29, 0.717) is 5.56 Å². The second kappa shape index (κ2) is 9.49. The monoisotopic (exact) mass is 402 g/mol. The lowest BCUT2D eigenvalue weighted by atomic mass is 10.0. The second-order valence-electron chi connectivity index (χ2n) is 6.18. The summed E-state index contributed by atoms with van der Waals surface area (Å²) < 4.78 is 28.5. The first kappa shape index (κ1) is 21.6. The maximum atomic E-state index is 13.7. The van der Waals surface area contributed by atoms with Gasteiger partial charge in [-0.1, -0.05) is 42.5 Å². The lowest BCUT2D eigenvalue weighted by molar-refractivity contribution is 0.0725. The number of carbonyl (C=O) groups is 2. The van der Waals surface area contributed by atoms with Crippen LogP contribution in [-0.2, 0) is 18.6 Å². The maximum Gasteiger partial charge on any atom is 0.513 e. The smallest absolute Gasteiger partial charge is 0.432 e. The predicted molar refractivity (Wildman–Crippen MR) is 107 cm³/mol. The minimum Gasteiger partial charge on any atom is -0.432 e. The highest BCUT2D eigenvalue weighted by Crippen LogP contribution is 2.50. The van der Waals surface area contributed by atoms with Gasteiger partial charge >= 0.3 is 13.5 Å². The van der Waals surface area contributed by atoms with E-state index in [0.717, 1.165) is 23.0 Å². The third-order valence-electron chi connectivity index (χ3n) is 4.01. The Hall–Kier alpha value is -2.69. The number of carbonyl (C=O) groups excluding carboxylic acids is 2. The molecule has 2 aromatic carbocycles. The van der Waals surface area contributed by atoms with Crippen LogP contribution >= 0.6 is 7.37 Å². The van der Waals surface area contributed by atoms with Gasteiger partial charge in [0.05, 0.1) is 12.9 Å². The summed E-state index contributed by atoms with van der Waals surface area (Å²) in [6.45, 7) is 8.33. The second-order valence-corrected chi connectivity index (χ2v) is 8.47. The first-order valence-electron chi connectivity index (χ1n) is 8.67. The molecule has 6 nitrogen and oxygen atoms in total. The molecule has 2 rings (SSSR count). The Labute approximate surface area is 164 Å². The normalized spacial score (nSPS) is 12.7. The number of rotatable bonds is 8. The van der Waals surface area contributed by atoms with Gasteiger partial charge in [-0.3, -0.25) is 9.36 Å². The van der Waals surface area contributed by atoms with Crippen molar-refractivity contribution in [2.45, 2.75) is 20.8 Å². The van der Waals surface area contributed by atoms with E-state index in [-0.39, 0.29) is 18.5 Å². The van der Waals surface area contributed by atoms with E-state index in [9.17, 15) is 14.2 Å². The highest BCUT2D eigenvalue weighted by molar-refractivity contribution is 7.83. The molecule has 0 N–H and O–H groups in total. The van der Waals surface area contributed by atoms with Gasteiger partial charge in [0.25, 0.3) is 5.52 Å². The van der Waals surface area contributed by atoms with Crippen LogP contribution < -0.4 is 5.30 Å². The van der Waals surface area contributed by atoms with Crippen molar-refractivity contribution in [2.75, 3.05) is 13.2 Å². The zero-order valence-electron chi connectivity index (χ0n) is 16.1. The van der Waals surface area contributed by atoms with Gasteiger partial charge in [-0.25, -0.2) is 4.79 Å². The molecule has 0 spiro atoms. The summed E-state index contributed by atoms with van der Waals surface area (Å²) in [7, 11) is -3.92. The number of ether oxygens (including phenoxy) is 2. The molecule has 7 heteroatoms. The summed E-state index contributed by atoms with van der Waals surface area (Å²) in [4.78, 5) is 24.5. The van der Waals surface area contributed by atoms with Crippen molar-refractivity contribution in [2.24, 2.45) is 0 Å². The van der Waals surface area contributed by atoms with Gasteiger partial charge in [0.1, 0.15) is 6.61 Å². The van der Waals surface area contributed by atoms with Gasteiger partial charge < -0.3 is 14.0 Å². The number of hydrogen-bond acceptors (Lipinski definition) is 6. The maximum absolute atomic E-state index is 13.7. The quantitative estimate of drug-likeness (QED) is 0.276. The first-order chi connectivity index (χ1) is 13.3. The summed E-state index contributed by atoms with van der Waals surface area (Å²) in [6, 6.07) is 12.0. The molecular formula is C21H23O6P. The van der Waals surface area contributed by atoms with Gasteiger partial charge in [0, 0.05) is 10.9 Å². The van der Waals surface area contributed by atoms with Crippen molar-refractivity contribution < 1.29 is 28.2 Å². The van der Waals surface area contributed by atoms with Gasteiger partial charge in [0.2, 0.25) is 0 Å². The van der Waals surface area contributed by atoms with Crippen molar-refractivity contribution in [1.29, 1.82) is 0 Å². The molecule has 148 valence electrons. The Bertz CT molecular complexity index is 897. The predicted octanol–water partition coefficient (Wildman–Crippen LogP) is 4.67. The Morgan fingerprint density at radius 3 is 2.21 bits per heavy atom. The largest absolute Gasteiger partial charge is 0.513 e. The minimum absolute atomic E-state index is 0.220. The molecule has 0 bridgehead atoms. The molecular weight excluding hydrogens is 379 g/mol. The summed E-state index contributed by atoms with van der Waals surface area (Å²) in [5, 5.41) is 0.285. The summed E-state index contributed by atoms with van der Waals surface area (Å²) in [5.41, 5.74) is 2.27. The fourth-order valence-electron chi connectivity index (χ4n) is 2.93. The number of hydrogen-bond donors (Lipinski definition) is 0. The molecule has 1 atom stereocenters. The zero-order chi connectivity index (χ0) is 20.7. The molecule has 0 fully saturated rings. The van der Waals surface area contributed by atoms with Crippen LogP contribution in [0.25, 0.3) is 0 Å². The van der Waals surface area contributed by atoms with Crippen LogP contribution in [0.4, 0.5) is 4.79 Å². The summed E-state index contributed by atoms with van der Waals surface area (Å²) in [5.74, 6) is 0. The van der Waals surface area contributed by atoms with Crippen LogP contribution in [0.2, 0.25) is 0 Å². The van der Waals surface area contributed by atoms with Gasteiger partial charge in [-0.15, -0.1) is 0 Å². The SMILES string of the molecule is C=COC(=O)OCCOP(=O)(C(=O)c1c(C)cc(C)cc1C)c1ccccc1. The average molecular weight is 402 g/mol. The summed E-state index contributed by atoms with van der Waals surface area (Å²) >= 11 is 0. The third kappa shape index (κ3) is 4.97. The van der Waals surface area contributed by atoms with E-state index in [1.54, 1.807) is 44.2 Å². The van der Waals surface area contributed by atoms with Crippen LogP contribution in [0.3, 0.4) is 0 Å². The Balaban J connectivity index is 2.32. The van der Waals surface area contributed by atoms with E-state index in [1.807, 2.05) is 19.1 Å². The van der Waals surface area contributed by atoms with E-state index in [2.05, 4.69) is 11.3 Å². The molecule has 2 aromatic rings. The van der Waals surface area contributed by atoms with Crippen molar-refractivity contribution in [3.63, 3.8) is 0 Å². The zero-order valence-corrected chi connectivity index (χ0v) is 17.0. The summed E-state index contributed by atoms with van der Waals surface area (Å²) in [6.07, 6.45) is -0.0189. The van der Waals surface area contributed by atoms with E-state index in [4.69, 9.17) is 9.26 Å². The molecule has 28 heavy (non-hydrogen) atoms.